The second-order valence-corrected chi connectivity index (χ2v) is 5.24. The van der Waals surface area contributed by atoms with Gasteiger partial charge in [-0.2, -0.15) is 5.10 Å². The summed E-state index contributed by atoms with van der Waals surface area (Å²) in [5, 5.41) is 7.05. The van der Waals surface area contributed by atoms with Gasteiger partial charge in [-0.15, -0.1) is 0 Å². The van der Waals surface area contributed by atoms with Gasteiger partial charge in [0.25, 0.3) is 5.91 Å². The molecule has 5 heteroatoms. The highest BCUT2D eigenvalue weighted by atomic mass is 16.5. The van der Waals surface area contributed by atoms with Gasteiger partial charge in [0.2, 0.25) is 0 Å². The summed E-state index contributed by atoms with van der Waals surface area (Å²) in [5.74, 6) is 0.543. The van der Waals surface area contributed by atoms with Crippen LogP contribution in [0.2, 0.25) is 0 Å². The fourth-order valence-electron chi connectivity index (χ4n) is 2.13. The number of hydrogen-bond acceptors (Lipinski definition) is 4. The van der Waals surface area contributed by atoms with Gasteiger partial charge in [0.15, 0.2) is 0 Å². The fourth-order valence-corrected chi connectivity index (χ4v) is 2.13. The lowest BCUT2D eigenvalue weighted by Crippen LogP contribution is -2.26. The average Bonchev–Trinajstić information content (AvgIpc) is 2.54. The number of carbonyl (C=O) groups excluding carboxylic acids is 1. The smallest absolute Gasteiger partial charge is 0.259 e. The number of benzene rings is 2. The number of nitrogens with zero attached hydrogens (tertiary/aromatic N) is 1. The summed E-state index contributed by atoms with van der Waals surface area (Å²) in [7, 11) is 1.61. The van der Waals surface area contributed by atoms with Crippen molar-refractivity contribution in [1.29, 1.82) is 0 Å². The number of hydrogen-bond donors (Lipinski definition) is 2. The SMILES string of the molecule is COc1cccc(/C=N\NC(=O)CNc2ccc(C)cc2C)c1. The van der Waals surface area contributed by atoms with Gasteiger partial charge in [-0.25, -0.2) is 5.43 Å². The molecule has 0 fully saturated rings. The van der Waals surface area contributed by atoms with Crippen molar-refractivity contribution in [1.82, 2.24) is 5.43 Å². The molecule has 120 valence electrons. The monoisotopic (exact) mass is 311 g/mol. The van der Waals surface area contributed by atoms with Gasteiger partial charge >= 0.3 is 0 Å². The molecule has 0 unspecified atom stereocenters. The second kappa shape index (κ2) is 7.98. The number of ether oxygens (including phenoxy) is 1. The fraction of sp³-hybridized carbons (Fsp3) is 0.222. The van der Waals surface area contributed by atoms with Gasteiger partial charge < -0.3 is 10.1 Å². The van der Waals surface area contributed by atoms with Gasteiger partial charge in [-0.3, -0.25) is 4.79 Å². The number of aryl methyl sites for hydroxylation is 2. The van der Waals surface area contributed by atoms with Crippen molar-refractivity contribution in [2.24, 2.45) is 5.10 Å². The summed E-state index contributed by atoms with van der Waals surface area (Å²) in [6.45, 7) is 4.21. The zero-order chi connectivity index (χ0) is 16.7. The van der Waals surface area contributed by atoms with E-state index in [1.165, 1.54) is 5.56 Å². The number of anilines is 1. The summed E-state index contributed by atoms with van der Waals surface area (Å²) in [6.07, 6.45) is 1.58. The van der Waals surface area contributed by atoms with Gasteiger partial charge in [0.1, 0.15) is 5.75 Å². The van der Waals surface area contributed by atoms with Gasteiger partial charge in [0.05, 0.1) is 19.9 Å². The molecule has 0 bridgehead atoms. The lowest BCUT2D eigenvalue weighted by molar-refractivity contribution is -0.119. The van der Waals surface area contributed by atoms with Gasteiger partial charge in [-0.1, -0.05) is 29.8 Å². The van der Waals surface area contributed by atoms with Crippen LogP contribution in [0.15, 0.2) is 47.6 Å². The number of hydrazone groups is 1. The first-order valence-electron chi connectivity index (χ1n) is 7.35. The van der Waals surface area contributed by atoms with Gasteiger partial charge in [0, 0.05) is 5.69 Å². The van der Waals surface area contributed by atoms with Crippen molar-refractivity contribution < 1.29 is 9.53 Å². The van der Waals surface area contributed by atoms with E-state index in [1.807, 2.05) is 50.2 Å². The maximum atomic E-state index is 11.8. The quantitative estimate of drug-likeness (QED) is 0.637. The van der Waals surface area contributed by atoms with Crippen LogP contribution in [0, 0.1) is 13.8 Å². The van der Waals surface area contributed by atoms with E-state index < -0.39 is 0 Å². The highest BCUT2D eigenvalue weighted by Crippen LogP contribution is 2.15. The van der Waals surface area contributed by atoms with Crippen LogP contribution in [-0.4, -0.2) is 25.8 Å². The number of rotatable bonds is 6. The Morgan fingerprint density at radius 2 is 2.04 bits per heavy atom. The Labute approximate surface area is 136 Å². The number of nitrogens with one attached hydrogen (secondary N) is 2. The molecule has 0 aromatic heterocycles. The zero-order valence-electron chi connectivity index (χ0n) is 13.6. The van der Waals surface area contributed by atoms with E-state index in [-0.39, 0.29) is 12.5 Å². The third-order valence-corrected chi connectivity index (χ3v) is 3.32. The Morgan fingerprint density at radius 1 is 1.22 bits per heavy atom. The van der Waals surface area contributed by atoms with E-state index in [0.29, 0.717) is 0 Å². The minimum atomic E-state index is -0.205. The lowest BCUT2D eigenvalue weighted by Gasteiger charge is -2.09. The van der Waals surface area contributed by atoms with Crippen LogP contribution >= 0.6 is 0 Å². The molecule has 1 amide bonds. The number of carbonyl (C=O) groups is 1. The Morgan fingerprint density at radius 3 is 2.78 bits per heavy atom. The summed E-state index contributed by atoms with van der Waals surface area (Å²) in [5.41, 5.74) is 6.60. The third kappa shape index (κ3) is 5.14. The Kier molecular flexibility index (Phi) is 5.74. The van der Waals surface area contributed by atoms with Crippen molar-refractivity contribution in [3.05, 3.63) is 59.2 Å². The largest absolute Gasteiger partial charge is 0.497 e. The summed E-state index contributed by atoms with van der Waals surface area (Å²) in [6, 6.07) is 13.5. The predicted octanol–water partition coefficient (Wildman–Crippen LogP) is 2.87. The van der Waals surface area contributed by atoms with Crippen LogP contribution in [0.4, 0.5) is 5.69 Å². The highest BCUT2D eigenvalue weighted by molar-refractivity contribution is 5.84. The standard InChI is InChI=1S/C18H21N3O2/c1-13-7-8-17(14(2)9-13)19-12-18(22)21-20-11-15-5-4-6-16(10-15)23-3/h4-11,19H,12H2,1-3H3,(H,21,22)/b20-11-. The Bertz CT molecular complexity index is 711. The van der Waals surface area contributed by atoms with Crippen molar-refractivity contribution >= 4 is 17.8 Å². The van der Waals surface area contributed by atoms with Crippen molar-refractivity contribution in [2.45, 2.75) is 13.8 Å². The third-order valence-electron chi connectivity index (χ3n) is 3.32. The van der Waals surface area contributed by atoms with E-state index in [0.717, 1.165) is 22.6 Å². The molecule has 23 heavy (non-hydrogen) atoms. The van der Waals surface area contributed by atoms with Crippen LogP contribution in [0.1, 0.15) is 16.7 Å². The molecule has 2 rings (SSSR count). The molecular weight excluding hydrogens is 290 g/mol. The predicted molar refractivity (Wildman–Crippen MR) is 93.1 cm³/mol. The van der Waals surface area contributed by atoms with E-state index in [2.05, 4.69) is 21.9 Å². The van der Waals surface area contributed by atoms with Crippen LogP contribution < -0.4 is 15.5 Å². The maximum absolute atomic E-state index is 11.8. The van der Waals surface area contributed by atoms with Crippen LogP contribution in [0.3, 0.4) is 0 Å². The number of methoxy groups -OCH3 is 1. The van der Waals surface area contributed by atoms with Crippen molar-refractivity contribution in [3.63, 3.8) is 0 Å². The summed E-state index contributed by atoms with van der Waals surface area (Å²) < 4.78 is 5.13. The van der Waals surface area contributed by atoms with Crippen molar-refractivity contribution in [2.75, 3.05) is 19.0 Å². The molecule has 0 spiro atoms. The molecule has 0 heterocycles. The molecule has 2 aromatic carbocycles. The van der Waals surface area contributed by atoms with Crippen LogP contribution in [0.5, 0.6) is 5.75 Å². The highest BCUT2D eigenvalue weighted by Gasteiger charge is 2.02. The molecule has 2 aromatic rings. The molecule has 0 atom stereocenters. The van der Waals surface area contributed by atoms with Crippen LogP contribution in [0.25, 0.3) is 0 Å². The molecule has 0 aliphatic carbocycles. The van der Waals surface area contributed by atoms with Gasteiger partial charge in [-0.05, 0) is 43.2 Å². The minimum Gasteiger partial charge on any atom is -0.497 e. The molecule has 0 saturated carbocycles. The van der Waals surface area contributed by atoms with Crippen molar-refractivity contribution in [3.8, 4) is 5.75 Å². The van der Waals surface area contributed by atoms with E-state index in [9.17, 15) is 4.79 Å². The maximum Gasteiger partial charge on any atom is 0.259 e. The molecule has 0 saturated heterocycles. The molecule has 5 nitrogen and oxygen atoms in total. The Balaban J connectivity index is 1.83. The Hall–Kier alpha value is -2.82. The second-order valence-electron chi connectivity index (χ2n) is 5.24. The zero-order valence-corrected chi connectivity index (χ0v) is 13.6. The van der Waals surface area contributed by atoms with E-state index in [1.54, 1.807) is 13.3 Å². The first-order valence-corrected chi connectivity index (χ1v) is 7.35. The first-order chi connectivity index (χ1) is 11.1. The summed E-state index contributed by atoms with van der Waals surface area (Å²) >= 11 is 0. The molecule has 2 N–H and O–H groups in total. The topological polar surface area (TPSA) is 62.7 Å². The average molecular weight is 311 g/mol. The molecule has 0 aliphatic heterocycles. The lowest BCUT2D eigenvalue weighted by atomic mass is 10.1. The summed E-state index contributed by atoms with van der Waals surface area (Å²) in [4.78, 5) is 11.8. The minimum absolute atomic E-state index is 0.166. The normalized spacial score (nSPS) is 10.6. The van der Waals surface area contributed by atoms with Crippen LogP contribution in [-0.2, 0) is 4.79 Å². The van der Waals surface area contributed by atoms with E-state index in [4.69, 9.17) is 4.74 Å². The number of amides is 1. The first kappa shape index (κ1) is 16.5. The molecule has 0 radical (unpaired) electrons. The van der Waals surface area contributed by atoms with E-state index >= 15 is 0 Å². The molecular formula is C18H21N3O2. The molecule has 0 aliphatic rings.